The number of H-pyrrole nitrogens is 1. The number of pyridine rings is 1. The summed E-state index contributed by atoms with van der Waals surface area (Å²) in [6, 6.07) is 10.1. The molecule has 0 aliphatic heterocycles. The smallest absolute Gasteiger partial charge is 0.251 e. The predicted octanol–water partition coefficient (Wildman–Crippen LogP) is 1.38. The second kappa shape index (κ2) is 6.72. The van der Waals surface area contributed by atoms with Crippen LogP contribution in [0.25, 0.3) is 16.6 Å². The number of carbonyl (C=O) groups excluding carboxylic acids is 1. The molecule has 0 bridgehead atoms. The molecule has 0 aliphatic carbocycles. The largest absolute Gasteiger partial charge is 0.351 e. The number of aromatic amines is 1. The van der Waals surface area contributed by atoms with Crippen molar-refractivity contribution in [1.29, 1.82) is 0 Å². The number of rotatable bonds is 6. The monoisotopic (exact) mass is 384 g/mol. The number of sulfonamides is 1. The van der Waals surface area contributed by atoms with Gasteiger partial charge in [-0.2, -0.15) is 5.10 Å². The summed E-state index contributed by atoms with van der Waals surface area (Å²) in [5, 5.41) is 6.67. The summed E-state index contributed by atoms with van der Waals surface area (Å²) in [5.41, 5.74) is 3.15. The number of amides is 1. The fourth-order valence-electron chi connectivity index (χ4n) is 2.69. The van der Waals surface area contributed by atoms with Crippen LogP contribution in [-0.2, 0) is 10.0 Å². The van der Waals surface area contributed by atoms with Crippen LogP contribution in [0.15, 0.2) is 55.1 Å². The number of hydrogen-bond donors (Lipinski definition) is 3. The lowest BCUT2D eigenvalue weighted by molar-refractivity contribution is 0.0956. The maximum Gasteiger partial charge on any atom is 0.251 e. The number of hydrogen-bond acceptors (Lipinski definition) is 5. The third-order valence-electron chi connectivity index (χ3n) is 4.01. The molecule has 9 nitrogen and oxygen atoms in total. The molecule has 4 aromatic rings. The fraction of sp³-hybridized carbons (Fsp3) is 0.118. The van der Waals surface area contributed by atoms with Crippen molar-refractivity contribution in [3.05, 3.63) is 60.7 Å². The molecule has 0 radical (unpaired) electrons. The van der Waals surface area contributed by atoms with Crippen LogP contribution in [0.3, 0.4) is 0 Å². The Morgan fingerprint density at radius 3 is 2.96 bits per heavy atom. The van der Waals surface area contributed by atoms with E-state index in [1.54, 1.807) is 59.6 Å². The van der Waals surface area contributed by atoms with Gasteiger partial charge in [0.2, 0.25) is 10.0 Å². The van der Waals surface area contributed by atoms with Gasteiger partial charge in [-0.1, -0.05) is 0 Å². The van der Waals surface area contributed by atoms with E-state index in [9.17, 15) is 13.2 Å². The van der Waals surface area contributed by atoms with Gasteiger partial charge in [-0.3, -0.25) is 9.52 Å². The summed E-state index contributed by atoms with van der Waals surface area (Å²) in [6.07, 6.45) is 4.84. The summed E-state index contributed by atoms with van der Waals surface area (Å²) < 4.78 is 28.6. The van der Waals surface area contributed by atoms with Crippen LogP contribution in [0.5, 0.6) is 0 Å². The Balaban J connectivity index is 1.36. The molecule has 0 aliphatic rings. The number of anilines is 1. The molecule has 138 valence electrons. The normalized spacial score (nSPS) is 11.7. The SMILES string of the molecule is O=C(NCCS(=O)(=O)Nc1ccn2nccc2c1)c1ccc2nc[nH]c2c1. The predicted molar refractivity (Wildman–Crippen MR) is 101 cm³/mol. The maximum absolute atomic E-state index is 12.2. The molecule has 3 heterocycles. The Morgan fingerprint density at radius 1 is 1.19 bits per heavy atom. The number of nitrogens with zero attached hydrogens (tertiary/aromatic N) is 3. The highest BCUT2D eigenvalue weighted by Crippen LogP contribution is 2.13. The van der Waals surface area contributed by atoms with Crippen molar-refractivity contribution in [2.45, 2.75) is 0 Å². The summed E-state index contributed by atoms with van der Waals surface area (Å²) in [5.74, 6) is -0.586. The minimum absolute atomic E-state index is 0.00981. The van der Waals surface area contributed by atoms with Gasteiger partial charge < -0.3 is 10.3 Å². The molecule has 10 heteroatoms. The molecule has 0 fully saturated rings. The first-order valence-electron chi connectivity index (χ1n) is 8.15. The first-order valence-corrected chi connectivity index (χ1v) is 9.81. The third kappa shape index (κ3) is 3.75. The van der Waals surface area contributed by atoms with Gasteiger partial charge >= 0.3 is 0 Å². The number of aromatic nitrogens is 4. The highest BCUT2D eigenvalue weighted by molar-refractivity contribution is 7.92. The van der Waals surface area contributed by atoms with Gasteiger partial charge in [-0.15, -0.1) is 0 Å². The molecule has 0 unspecified atom stereocenters. The zero-order valence-corrected chi connectivity index (χ0v) is 14.9. The molecule has 0 saturated heterocycles. The van der Waals surface area contributed by atoms with E-state index < -0.39 is 10.0 Å². The first-order chi connectivity index (χ1) is 13.0. The molecular formula is C17H16N6O3S. The van der Waals surface area contributed by atoms with E-state index >= 15 is 0 Å². The van der Waals surface area contributed by atoms with Crippen molar-refractivity contribution in [2.75, 3.05) is 17.0 Å². The van der Waals surface area contributed by atoms with Gasteiger partial charge in [-0.05, 0) is 36.4 Å². The van der Waals surface area contributed by atoms with Crippen LogP contribution in [0.2, 0.25) is 0 Å². The summed E-state index contributed by atoms with van der Waals surface area (Å²) in [4.78, 5) is 19.2. The Morgan fingerprint density at radius 2 is 2.07 bits per heavy atom. The number of carbonyl (C=O) groups is 1. The summed E-state index contributed by atoms with van der Waals surface area (Å²) in [6.45, 7) is -0.00981. The van der Waals surface area contributed by atoms with Crippen molar-refractivity contribution in [1.82, 2.24) is 24.9 Å². The van der Waals surface area contributed by atoms with Crippen LogP contribution >= 0.6 is 0 Å². The van der Waals surface area contributed by atoms with Gasteiger partial charge in [-0.25, -0.2) is 17.9 Å². The van der Waals surface area contributed by atoms with Gasteiger partial charge in [0.05, 0.1) is 34.3 Å². The zero-order valence-electron chi connectivity index (χ0n) is 14.1. The quantitative estimate of drug-likeness (QED) is 0.464. The number of fused-ring (bicyclic) bond motifs is 2. The summed E-state index contributed by atoms with van der Waals surface area (Å²) in [7, 11) is -3.60. The molecule has 1 amide bonds. The molecule has 0 saturated carbocycles. The van der Waals surface area contributed by atoms with Crippen LogP contribution < -0.4 is 10.0 Å². The van der Waals surface area contributed by atoms with E-state index in [-0.39, 0.29) is 18.2 Å². The molecule has 4 rings (SSSR count). The third-order valence-corrected chi connectivity index (χ3v) is 5.30. The Hall–Kier alpha value is -3.40. The summed E-state index contributed by atoms with van der Waals surface area (Å²) >= 11 is 0. The minimum atomic E-state index is -3.60. The Bertz CT molecular complexity index is 1230. The molecule has 3 N–H and O–H groups in total. The van der Waals surface area contributed by atoms with Crippen molar-refractivity contribution < 1.29 is 13.2 Å². The van der Waals surface area contributed by atoms with Gasteiger partial charge in [0.25, 0.3) is 5.91 Å². The van der Waals surface area contributed by atoms with Crippen molar-refractivity contribution in [2.24, 2.45) is 0 Å². The maximum atomic E-state index is 12.2. The van der Waals surface area contributed by atoms with E-state index in [1.165, 1.54) is 0 Å². The molecule has 0 atom stereocenters. The topological polar surface area (TPSA) is 121 Å². The van der Waals surface area contributed by atoms with E-state index in [0.29, 0.717) is 11.3 Å². The molecule has 0 spiro atoms. The first kappa shape index (κ1) is 17.0. The average Bonchev–Trinajstić information content (AvgIpc) is 3.28. The van der Waals surface area contributed by atoms with E-state index in [2.05, 4.69) is 25.1 Å². The standard InChI is InChI=1S/C17H16N6O3S/c24-17(12-1-2-15-16(9-12)20-11-19-15)18-6-8-27(25,26)22-13-4-7-23-14(10-13)3-5-21-23/h1-5,7,9-11,22H,6,8H2,(H,18,24)(H,19,20). The number of benzene rings is 1. The lowest BCUT2D eigenvalue weighted by Crippen LogP contribution is -2.31. The van der Waals surface area contributed by atoms with Crippen molar-refractivity contribution in [3.8, 4) is 0 Å². The lowest BCUT2D eigenvalue weighted by atomic mass is 10.2. The van der Waals surface area contributed by atoms with Crippen LogP contribution in [-0.4, -0.2) is 46.2 Å². The minimum Gasteiger partial charge on any atom is -0.351 e. The molecule has 27 heavy (non-hydrogen) atoms. The molecule has 1 aromatic carbocycles. The van der Waals surface area contributed by atoms with E-state index in [4.69, 9.17) is 0 Å². The van der Waals surface area contributed by atoms with E-state index in [0.717, 1.165) is 16.6 Å². The van der Waals surface area contributed by atoms with Crippen LogP contribution in [0.1, 0.15) is 10.4 Å². The van der Waals surface area contributed by atoms with Crippen molar-refractivity contribution in [3.63, 3.8) is 0 Å². The zero-order chi connectivity index (χ0) is 18.9. The highest BCUT2D eigenvalue weighted by Gasteiger charge is 2.13. The van der Waals surface area contributed by atoms with Crippen LogP contribution in [0, 0.1) is 0 Å². The fourth-order valence-corrected chi connectivity index (χ4v) is 3.65. The average molecular weight is 384 g/mol. The Kier molecular flexibility index (Phi) is 4.24. The van der Waals surface area contributed by atoms with Crippen LogP contribution in [0.4, 0.5) is 5.69 Å². The second-order valence-corrected chi connectivity index (χ2v) is 7.77. The molecule has 3 aromatic heterocycles. The van der Waals surface area contributed by atoms with E-state index in [1.807, 2.05) is 0 Å². The van der Waals surface area contributed by atoms with Gasteiger partial charge in [0, 0.05) is 24.5 Å². The highest BCUT2D eigenvalue weighted by atomic mass is 32.2. The van der Waals surface area contributed by atoms with Gasteiger partial charge in [0.1, 0.15) is 0 Å². The second-order valence-electron chi connectivity index (χ2n) is 5.93. The van der Waals surface area contributed by atoms with Crippen molar-refractivity contribution >= 4 is 38.2 Å². The number of nitrogens with one attached hydrogen (secondary N) is 3. The number of imidazole rings is 1. The Labute approximate surface area is 154 Å². The van der Waals surface area contributed by atoms with Gasteiger partial charge in [0.15, 0.2) is 0 Å². The molecular weight excluding hydrogens is 368 g/mol. The lowest BCUT2D eigenvalue weighted by Gasteiger charge is -2.09.